The lowest BCUT2D eigenvalue weighted by molar-refractivity contribution is -0.137. The summed E-state index contributed by atoms with van der Waals surface area (Å²) in [6.07, 6.45) is -1.91. The first-order chi connectivity index (χ1) is 14.3. The van der Waals surface area contributed by atoms with E-state index in [1.54, 1.807) is 6.07 Å². The number of hydrogen-bond acceptors (Lipinski definition) is 4. The highest BCUT2D eigenvalue weighted by molar-refractivity contribution is 7.20. The largest absolute Gasteiger partial charge is 0.417 e. The highest BCUT2D eigenvalue weighted by atomic mass is 32.1. The Balaban J connectivity index is 1.87. The summed E-state index contributed by atoms with van der Waals surface area (Å²) >= 11 is 1.21. The van der Waals surface area contributed by atoms with Crippen LogP contribution in [0.15, 0.2) is 48.5 Å². The molecule has 0 bridgehead atoms. The van der Waals surface area contributed by atoms with E-state index >= 15 is 0 Å². The minimum Gasteiger partial charge on any atom is -0.342 e. The zero-order chi connectivity index (χ0) is 21.7. The van der Waals surface area contributed by atoms with E-state index in [2.05, 4.69) is 10.3 Å². The standard InChI is InChI=1S/C22H21F3N2O2S/c1-2-3-4-12-17(19(28)21-27-16-11-7-8-13-18(16)30-21)26-20(29)14-9-5-6-10-15(14)22(23,24)25/h5-11,13,17H,2-4,12H2,1H3,(H,26,29)/t17-/m0/s1. The molecule has 0 spiro atoms. The summed E-state index contributed by atoms with van der Waals surface area (Å²) in [6, 6.07) is 10.9. The predicted octanol–water partition coefficient (Wildman–Crippen LogP) is 5.88. The van der Waals surface area contributed by atoms with Gasteiger partial charge in [0.1, 0.15) is 0 Å². The van der Waals surface area contributed by atoms with Gasteiger partial charge in [-0.3, -0.25) is 9.59 Å². The summed E-state index contributed by atoms with van der Waals surface area (Å²) in [4.78, 5) is 30.1. The Morgan fingerprint density at radius 1 is 1.07 bits per heavy atom. The second kappa shape index (κ2) is 9.38. The van der Waals surface area contributed by atoms with E-state index < -0.39 is 29.3 Å². The molecule has 0 aliphatic carbocycles. The summed E-state index contributed by atoms with van der Waals surface area (Å²) in [5.41, 5.74) is -0.850. The third-order valence-electron chi connectivity index (χ3n) is 4.70. The molecule has 30 heavy (non-hydrogen) atoms. The molecule has 1 heterocycles. The SMILES string of the molecule is CCCCC[C@H](NC(=O)c1ccccc1C(F)(F)F)C(=O)c1nc2ccccc2s1. The van der Waals surface area contributed by atoms with Gasteiger partial charge in [-0.05, 0) is 30.7 Å². The molecule has 0 aliphatic heterocycles. The number of ketones is 1. The first kappa shape index (κ1) is 22.0. The molecule has 1 aromatic heterocycles. The van der Waals surface area contributed by atoms with Crippen LogP contribution in [-0.2, 0) is 6.18 Å². The zero-order valence-corrected chi connectivity index (χ0v) is 17.1. The molecule has 3 aromatic rings. The number of carbonyl (C=O) groups is 2. The highest BCUT2D eigenvalue weighted by Crippen LogP contribution is 2.32. The Hall–Kier alpha value is -2.74. The van der Waals surface area contributed by atoms with E-state index in [0.29, 0.717) is 18.4 Å². The smallest absolute Gasteiger partial charge is 0.342 e. The molecule has 0 radical (unpaired) electrons. The van der Waals surface area contributed by atoms with Crippen molar-refractivity contribution in [2.24, 2.45) is 0 Å². The highest BCUT2D eigenvalue weighted by Gasteiger charge is 2.35. The number of alkyl halides is 3. The van der Waals surface area contributed by atoms with Crippen molar-refractivity contribution < 1.29 is 22.8 Å². The molecule has 8 heteroatoms. The number of amides is 1. The van der Waals surface area contributed by atoms with Crippen LogP contribution in [-0.4, -0.2) is 22.7 Å². The maximum atomic E-state index is 13.3. The Morgan fingerprint density at radius 2 is 1.77 bits per heavy atom. The number of nitrogens with zero attached hydrogens (tertiary/aromatic N) is 1. The summed E-state index contributed by atoms with van der Waals surface area (Å²) < 4.78 is 40.7. The number of benzene rings is 2. The molecule has 1 amide bonds. The van der Waals surface area contributed by atoms with Crippen LogP contribution in [0.25, 0.3) is 10.2 Å². The van der Waals surface area contributed by atoms with Gasteiger partial charge in [0.2, 0.25) is 5.78 Å². The van der Waals surface area contributed by atoms with Crippen molar-refractivity contribution in [2.45, 2.75) is 44.8 Å². The maximum absolute atomic E-state index is 13.3. The van der Waals surface area contributed by atoms with Crippen molar-refractivity contribution in [3.63, 3.8) is 0 Å². The fraction of sp³-hybridized carbons (Fsp3) is 0.318. The Kier molecular flexibility index (Phi) is 6.87. The van der Waals surface area contributed by atoms with Crippen LogP contribution in [0.5, 0.6) is 0 Å². The van der Waals surface area contributed by atoms with Gasteiger partial charge in [-0.2, -0.15) is 13.2 Å². The number of para-hydroxylation sites is 1. The Bertz CT molecular complexity index is 1010. The minimum absolute atomic E-state index is 0.238. The Labute approximate surface area is 176 Å². The second-order valence-electron chi connectivity index (χ2n) is 6.92. The van der Waals surface area contributed by atoms with Gasteiger partial charge < -0.3 is 5.32 Å². The number of thiazole rings is 1. The summed E-state index contributed by atoms with van der Waals surface area (Å²) in [7, 11) is 0. The first-order valence-electron chi connectivity index (χ1n) is 9.68. The van der Waals surface area contributed by atoms with Crippen LogP contribution >= 0.6 is 11.3 Å². The van der Waals surface area contributed by atoms with Crippen molar-refractivity contribution in [2.75, 3.05) is 0 Å². The summed E-state index contributed by atoms with van der Waals surface area (Å²) in [5.74, 6) is -1.30. The molecule has 2 aromatic carbocycles. The molecule has 3 rings (SSSR count). The van der Waals surface area contributed by atoms with E-state index in [1.165, 1.54) is 23.5 Å². The van der Waals surface area contributed by atoms with Crippen LogP contribution in [0.4, 0.5) is 13.2 Å². The van der Waals surface area contributed by atoms with Crippen molar-refractivity contribution in [1.82, 2.24) is 10.3 Å². The van der Waals surface area contributed by atoms with Crippen molar-refractivity contribution >= 4 is 33.2 Å². The number of rotatable bonds is 8. The van der Waals surface area contributed by atoms with Gasteiger partial charge in [0.15, 0.2) is 5.01 Å². The van der Waals surface area contributed by atoms with Crippen LogP contribution < -0.4 is 5.32 Å². The van der Waals surface area contributed by atoms with E-state index in [-0.39, 0.29) is 10.8 Å². The van der Waals surface area contributed by atoms with Gasteiger partial charge in [0.25, 0.3) is 5.91 Å². The first-order valence-corrected chi connectivity index (χ1v) is 10.5. The monoisotopic (exact) mass is 434 g/mol. The lowest BCUT2D eigenvalue weighted by atomic mass is 10.0. The van der Waals surface area contributed by atoms with Crippen molar-refractivity contribution in [3.8, 4) is 0 Å². The molecule has 0 unspecified atom stereocenters. The molecular formula is C22H21F3N2O2S. The van der Waals surface area contributed by atoms with Gasteiger partial charge >= 0.3 is 6.18 Å². The summed E-state index contributed by atoms with van der Waals surface area (Å²) in [5, 5.41) is 2.76. The van der Waals surface area contributed by atoms with E-state index in [1.807, 2.05) is 25.1 Å². The number of Topliss-reactive ketones (excluding diaryl/α,β-unsaturated/α-hetero) is 1. The third-order valence-corrected chi connectivity index (χ3v) is 5.75. The average molecular weight is 434 g/mol. The van der Waals surface area contributed by atoms with Crippen LogP contribution in [0.3, 0.4) is 0 Å². The fourth-order valence-electron chi connectivity index (χ4n) is 3.16. The third kappa shape index (κ3) is 5.05. The topological polar surface area (TPSA) is 59.1 Å². The molecule has 4 nitrogen and oxygen atoms in total. The number of halogens is 3. The van der Waals surface area contributed by atoms with Gasteiger partial charge in [-0.15, -0.1) is 11.3 Å². The molecule has 0 aliphatic rings. The van der Waals surface area contributed by atoms with E-state index in [4.69, 9.17) is 0 Å². The number of hydrogen-bond donors (Lipinski definition) is 1. The normalized spacial score (nSPS) is 12.7. The van der Waals surface area contributed by atoms with Gasteiger partial charge in [0.05, 0.1) is 27.4 Å². The molecule has 1 N–H and O–H groups in total. The molecule has 1 atom stereocenters. The number of carbonyl (C=O) groups excluding carboxylic acids is 2. The van der Waals surface area contributed by atoms with Crippen molar-refractivity contribution in [3.05, 3.63) is 64.7 Å². The van der Waals surface area contributed by atoms with Gasteiger partial charge in [-0.25, -0.2) is 4.98 Å². The predicted molar refractivity (Wildman–Crippen MR) is 111 cm³/mol. The average Bonchev–Trinajstić information content (AvgIpc) is 3.16. The zero-order valence-electron chi connectivity index (χ0n) is 16.3. The number of unbranched alkanes of at least 4 members (excludes halogenated alkanes) is 2. The number of aromatic nitrogens is 1. The van der Waals surface area contributed by atoms with Crippen LogP contribution in [0.1, 0.15) is 58.3 Å². The lowest BCUT2D eigenvalue weighted by Crippen LogP contribution is -2.41. The molecule has 0 saturated heterocycles. The van der Waals surface area contributed by atoms with Gasteiger partial charge in [0, 0.05) is 0 Å². The van der Waals surface area contributed by atoms with Gasteiger partial charge in [-0.1, -0.05) is 50.5 Å². The van der Waals surface area contributed by atoms with Crippen LogP contribution in [0, 0.1) is 0 Å². The quantitative estimate of drug-likeness (QED) is 0.356. The fourth-order valence-corrected chi connectivity index (χ4v) is 4.12. The summed E-state index contributed by atoms with van der Waals surface area (Å²) in [6.45, 7) is 2.00. The number of fused-ring (bicyclic) bond motifs is 1. The maximum Gasteiger partial charge on any atom is 0.417 e. The minimum atomic E-state index is -4.66. The van der Waals surface area contributed by atoms with E-state index in [0.717, 1.165) is 29.7 Å². The molecule has 0 fully saturated rings. The van der Waals surface area contributed by atoms with Crippen molar-refractivity contribution in [1.29, 1.82) is 0 Å². The second-order valence-corrected chi connectivity index (χ2v) is 7.95. The molecular weight excluding hydrogens is 413 g/mol. The van der Waals surface area contributed by atoms with Crippen LogP contribution in [0.2, 0.25) is 0 Å². The Morgan fingerprint density at radius 3 is 2.47 bits per heavy atom. The molecule has 158 valence electrons. The number of nitrogens with one attached hydrogen (secondary N) is 1. The lowest BCUT2D eigenvalue weighted by Gasteiger charge is -2.18. The van der Waals surface area contributed by atoms with E-state index in [9.17, 15) is 22.8 Å². The molecule has 0 saturated carbocycles.